The van der Waals surface area contributed by atoms with Crippen LogP contribution in [0.2, 0.25) is 0 Å². The first kappa shape index (κ1) is 8.05. The monoisotopic (exact) mass is 168 g/mol. The summed E-state index contributed by atoms with van der Waals surface area (Å²) in [6.45, 7) is 1.84. The summed E-state index contributed by atoms with van der Waals surface area (Å²) in [5.41, 5.74) is 0. The number of nitrogens with one attached hydrogen (secondary N) is 2. The van der Waals surface area contributed by atoms with Gasteiger partial charge in [0.2, 0.25) is 5.91 Å². The van der Waals surface area contributed by atoms with E-state index in [0.717, 1.165) is 25.9 Å². The van der Waals surface area contributed by atoms with Crippen molar-refractivity contribution in [2.24, 2.45) is 5.92 Å². The smallest absolute Gasteiger partial charge is 0.224 e. The third kappa shape index (κ3) is 1.61. The van der Waals surface area contributed by atoms with Gasteiger partial charge in [0.25, 0.3) is 0 Å². The number of carbonyl (C=O) groups excluding carboxylic acids is 1. The van der Waals surface area contributed by atoms with E-state index >= 15 is 0 Å². The second-order valence-electron chi connectivity index (χ2n) is 3.85. The third-order valence-electron chi connectivity index (χ3n) is 2.85. The van der Waals surface area contributed by atoms with Crippen LogP contribution in [0.4, 0.5) is 0 Å². The maximum Gasteiger partial charge on any atom is 0.224 e. The van der Waals surface area contributed by atoms with E-state index in [9.17, 15) is 4.79 Å². The fourth-order valence-electron chi connectivity index (χ4n) is 2.08. The lowest BCUT2D eigenvalue weighted by Gasteiger charge is -2.20. The van der Waals surface area contributed by atoms with E-state index in [1.54, 1.807) is 0 Å². The van der Waals surface area contributed by atoms with Crippen LogP contribution in [0.5, 0.6) is 0 Å². The van der Waals surface area contributed by atoms with E-state index in [-0.39, 0.29) is 11.8 Å². The Morgan fingerprint density at radius 1 is 1.17 bits per heavy atom. The first-order valence-corrected chi connectivity index (χ1v) is 4.87. The van der Waals surface area contributed by atoms with Gasteiger partial charge >= 0.3 is 0 Å². The predicted octanol–water partition coefficient (Wildman–Crippen LogP) is 0.265. The standard InChI is InChI=1S/C9H16N2O/c12-9-7-3-1-2-4-8(11-9)6-10-5-7/h7-8,10H,1-6H2,(H,11,12)/t7-,8-/m1/s1. The second kappa shape index (κ2) is 3.44. The van der Waals surface area contributed by atoms with Crippen LogP contribution in [0.15, 0.2) is 0 Å². The lowest BCUT2D eigenvalue weighted by atomic mass is 9.97. The number of carbonyl (C=O) groups is 1. The van der Waals surface area contributed by atoms with Gasteiger partial charge < -0.3 is 10.6 Å². The minimum absolute atomic E-state index is 0.232. The van der Waals surface area contributed by atoms with Crippen molar-refractivity contribution in [1.29, 1.82) is 0 Å². The molecule has 2 atom stereocenters. The van der Waals surface area contributed by atoms with Crippen LogP contribution in [0.25, 0.3) is 0 Å². The Morgan fingerprint density at radius 3 is 2.92 bits per heavy atom. The SMILES string of the molecule is O=C1N[C@@H]2CCCC[C@@H]1CNC2. The molecule has 0 unspecified atom stereocenters. The van der Waals surface area contributed by atoms with Crippen LogP contribution in [0.3, 0.4) is 0 Å². The van der Waals surface area contributed by atoms with Crippen LogP contribution in [0, 0.1) is 5.92 Å². The summed E-state index contributed by atoms with van der Waals surface area (Å²) in [4.78, 5) is 11.5. The molecule has 3 nitrogen and oxygen atoms in total. The molecule has 0 aromatic carbocycles. The van der Waals surface area contributed by atoms with E-state index in [2.05, 4.69) is 10.6 Å². The summed E-state index contributed by atoms with van der Waals surface area (Å²) >= 11 is 0. The largest absolute Gasteiger partial charge is 0.352 e. The maximum absolute atomic E-state index is 11.5. The van der Waals surface area contributed by atoms with Gasteiger partial charge in [0.15, 0.2) is 0 Å². The van der Waals surface area contributed by atoms with Crippen LogP contribution in [-0.2, 0) is 4.79 Å². The van der Waals surface area contributed by atoms with E-state index in [1.165, 1.54) is 12.8 Å². The van der Waals surface area contributed by atoms with Crippen molar-refractivity contribution in [3.05, 3.63) is 0 Å². The summed E-state index contributed by atoms with van der Waals surface area (Å²) in [5.74, 6) is 0.500. The zero-order valence-electron chi connectivity index (χ0n) is 7.31. The molecule has 2 aliphatic rings. The number of hydrogen-bond acceptors (Lipinski definition) is 2. The van der Waals surface area contributed by atoms with E-state index in [4.69, 9.17) is 0 Å². The highest BCUT2D eigenvalue weighted by atomic mass is 16.2. The Hall–Kier alpha value is -0.570. The Morgan fingerprint density at radius 2 is 2.00 bits per heavy atom. The second-order valence-corrected chi connectivity index (χ2v) is 3.85. The van der Waals surface area contributed by atoms with Gasteiger partial charge in [-0.05, 0) is 12.8 Å². The molecule has 2 rings (SSSR count). The fourth-order valence-corrected chi connectivity index (χ4v) is 2.08. The molecule has 0 radical (unpaired) electrons. The van der Waals surface area contributed by atoms with Crippen LogP contribution in [0.1, 0.15) is 25.7 Å². The average Bonchev–Trinajstić information content (AvgIpc) is 2.18. The Balaban J connectivity index is 2.09. The Bertz CT molecular complexity index is 177. The zero-order valence-corrected chi connectivity index (χ0v) is 7.31. The highest BCUT2D eigenvalue weighted by Gasteiger charge is 2.26. The van der Waals surface area contributed by atoms with Crippen molar-refractivity contribution in [3.8, 4) is 0 Å². The summed E-state index contributed by atoms with van der Waals surface area (Å²) in [6, 6.07) is 0.391. The molecule has 2 N–H and O–H groups in total. The first-order valence-electron chi connectivity index (χ1n) is 4.87. The van der Waals surface area contributed by atoms with Crippen molar-refractivity contribution in [2.75, 3.05) is 13.1 Å². The van der Waals surface area contributed by atoms with Crippen molar-refractivity contribution in [3.63, 3.8) is 0 Å². The summed E-state index contributed by atoms with van der Waals surface area (Å²) in [7, 11) is 0. The molecule has 12 heavy (non-hydrogen) atoms. The highest BCUT2D eigenvalue weighted by Crippen LogP contribution is 2.17. The van der Waals surface area contributed by atoms with Crippen molar-refractivity contribution >= 4 is 5.91 Å². The molecule has 2 saturated heterocycles. The van der Waals surface area contributed by atoms with Gasteiger partial charge in [0, 0.05) is 19.1 Å². The van der Waals surface area contributed by atoms with Gasteiger partial charge in [0.05, 0.1) is 5.92 Å². The molecular weight excluding hydrogens is 152 g/mol. The quantitative estimate of drug-likeness (QED) is 0.545. The Kier molecular flexibility index (Phi) is 2.30. The number of fused-ring (bicyclic) bond motifs is 3. The zero-order chi connectivity index (χ0) is 8.39. The van der Waals surface area contributed by atoms with E-state index in [0.29, 0.717) is 6.04 Å². The molecule has 2 bridgehead atoms. The molecule has 68 valence electrons. The van der Waals surface area contributed by atoms with Crippen molar-refractivity contribution in [2.45, 2.75) is 31.7 Å². The molecule has 3 heteroatoms. The summed E-state index contributed by atoms with van der Waals surface area (Å²) in [5, 5.41) is 6.42. The van der Waals surface area contributed by atoms with Gasteiger partial charge in [-0.3, -0.25) is 4.79 Å². The minimum atomic E-state index is 0.232. The minimum Gasteiger partial charge on any atom is -0.352 e. The average molecular weight is 168 g/mol. The normalized spacial score (nSPS) is 36.5. The van der Waals surface area contributed by atoms with E-state index < -0.39 is 0 Å². The number of amides is 1. The predicted molar refractivity (Wildman–Crippen MR) is 46.8 cm³/mol. The van der Waals surface area contributed by atoms with Gasteiger partial charge in [-0.1, -0.05) is 12.8 Å². The lowest BCUT2D eigenvalue weighted by Crippen LogP contribution is -2.40. The first-order chi connectivity index (χ1) is 5.86. The van der Waals surface area contributed by atoms with Gasteiger partial charge in [-0.2, -0.15) is 0 Å². The molecule has 2 fully saturated rings. The molecule has 0 spiro atoms. The molecule has 0 aromatic rings. The van der Waals surface area contributed by atoms with Gasteiger partial charge in [-0.25, -0.2) is 0 Å². The van der Waals surface area contributed by atoms with Gasteiger partial charge in [-0.15, -0.1) is 0 Å². The molecule has 2 aliphatic heterocycles. The molecule has 0 saturated carbocycles. The molecule has 0 aliphatic carbocycles. The molecule has 1 amide bonds. The van der Waals surface area contributed by atoms with Crippen molar-refractivity contribution in [1.82, 2.24) is 10.6 Å². The molecule has 0 aromatic heterocycles. The number of hydrogen-bond donors (Lipinski definition) is 2. The Labute approximate surface area is 72.9 Å². The topological polar surface area (TPSA) is 41.1 Å². The maximum atomic E-state index is 11.5. The number of rotatable bonds is 0. The highest BCUT2D eigenvalue weighted by molar-refractivity contribution is 5.79. The molecule has 2 heterocycles. The van der Waals surface area contributed by atoms with Crippen LogP contribution < -0.4 is 10.6 Å². The lowest BCUT2D eigenvalue weighted by molar-refractivity contribution is -0.125. The van der Waals surface area contributed by atoms with Crippen LogP contribution >= 0.6 is 0 Å². The van der Waals surface area contributed by atoms with Crippen molar-refractivity contribution < 1.29 is 4.79 Å². The fraction of sp³-hybridized carbons (Fsp3) is 0.889. The van der Waals surface area contributed by atoms with Crippen LogP contribution in [-0.4, -0.2) is 25.0 Å². The summed E-state index contributed by atoms with van der Waals surface area (Å²) in [6.07, 6.45) is 4.69. The molecular formula is C9H16N2O. The van der Waals surface area contributed by atoms with E-state index in [1.807, 2.05) is 0 Å². The van der Waals surface area contributed by atoms with Gasteiger partial charge in [0.1, 0.15) is 0 Å². The third-order valence-corrected chi connectivity index (χ3v) is 2.85. The summed E-state index contributed by atoms with van der Waals surface area (Å²) < 4.78 is 0.